The molecule has 0 aliphatic carbocycles. The smallest absolute Gasteiger partial charge is 0.407 e. The fourth-order valence-electron chi connectivity index (χ4n) is 1.86. The van der Waals surface area contributed by atoms with Gasteiger partial charge in [-0.25, -0.2) is 4.79 Å². The second kappa shape index (κ2) is 10.0. The first-order valence-electron chi connectivity index (χ1n) is 7.93. The predicted molar refractivity (Wildman–Crippen MR) is 85.0 cm³/mol. The third kappa shape index (κ3) is 11.1. The summed E-state index contributed by atoms with van der Waals surface area (Å²) in [4.78, 5) is 11.6. The van der Waals surface area contributed by atoms with Crippen molar-refractivity contribution < 1.29 is 9.53 Å². The summed E-state index contributed by atoms with van der Waals surface area (Å²) < 4.78 is 5.25. The number of hydrogen-bond donors (Lipinski definition) is 2. The van der Waals surface area contributed by atoms with E-state index in [4.69, 9.17) is 4.74 Å². The highest BCUT2D eigenvalue weighted by atomic mass is 16.6. The molecule has 1 atom stereocenters. The van der Waals surface area contributed by atoms with Crippen LogP contribution in [0.15, 0.2) is 0 Å². The van der Waals surface area contributed by atoms with Crippen molar-refractivity contribution in [3.8, 4) is 0 Å². The molecule has 0 rings (SSSR count). The average Bonchev–Trinajstić information content (AvgIpc) is 2.29. The third-order valence-electron chi connectivity index (χ3n) is 3.21. The number of unbranched alkanes of at least 4 members (excludes halogenated alkanes) is 2. The van der Waals surface area contributed by atoms with Crippen molar-refractivity contribution in [2.45, 2.75) is 66.4 Å². The molecule has 2 N–H and O–H groups in total. The molecule has 0 radical (unpaired) electrons. The third-order valence-corrected chi connectivity index (χ3v) is 3.21. The molecular formula is C16H34N2O2. The summed E-state index contributed by atoms with van der Waals surface area (Å²) in [6, 6.07) is 0. The zero-order chi connectivity index (χ0) is 15.6. The van der Waals surface area contributed by atoms with Gasteiger partial charge in [-0.1, -0.05) is 33.6 Å². The average molecular weight is 286 g/mol. The number of nitrogens with one attached hydrogen (secondary N) is 2. The van der Waals surface area contributed by atoms with Crippen LogP contribution >= 0.6 is 0 Å². The van der Waals surface area contributed by atoms with Gasteiger partial charge in [0.2, 0.25) is 0 Å². The summed E-state index contributed by atoms with van der Waals surface area (Å²) in [5, 5.41) is 6.35. The maximum absolute atomic E-state index is 11.6. The molecule has 0 aromatic rings. The van der Waals surface area contributed by atoms with Crippen LogP contribution in [-0.2, 0) is 4.74 Å². The predicted octanol–water partition coefficient (Wildman–Crippen LogP) is 3.56. The Bertz CT molecular complexity index is 260. The van der Waals surface area contributed by atoms with Crippen LogP contribution in [0.4, 0.5) is 4.79 Å². The van der Waals surface area contributed by atoms with Crippen molar-refractivity contribution in [1.82, 2.24) is 10.6 Å². The standard InChI is InChI=1S/C16H34N2O2/c1-7-8-9-10-17-11-14(13(2)3)12-18-15(19)20-16(4,5)6/h13-14,17H,7-12H2,1-6H3,(H,18,19). The van der Waals surface area contributed by atoms with Crippen LogP contribution in [0.25, 0.3) is 0 Å². The number of carbonyl (C=O) groups excluding carboxylic acids is 1. The van der Waals surface area contributed by atoms with Crippen molar-refractivity contribution in [1.29, 1.82) is 0 Å². The van der Waals surface area contributed by atoms with Crippen LogP contribution < -0.4 is 10.6 Å². The van der Waals surface area contributed by atoms with Gasteiger partial charge in [-0.05, 0) is 52.1 Å². The first kappa shape index (κ1) is 19.2. The number of ether oxygens (including phenoxy) is 1. The Labute approximate surface area is 125 Å². The molecule has 4 nitrogen and oxygen atoms in total. The highest BCUT2D eigenvalue weighted by Gasteiger charge is 2.18. The SMILES string of the molecule is CCCCCNCC(CNC(=O)OC(C)(C)C)C(C)C. The van der Waals surface area contributed by atoms with Crippen molar-refractivity contribution in [2.75, 3.05) is 19.6 Å². The molecule has 0 aliphatic heterocycles. The lowest BCUT2D eigenvalue weighted by Crippen LogP contribution is -2.39. The van der Waals surface area contributed by atoms with Gasteiger partial charge in [0.05, 0.1) is 0 Å². The molecule has 0 aliphatic rings. The molecular weight excluding hydrogens is 252 g/mol. The Hall–Kier alpha value is -0.770. The number of amides is 1. The molecule has 120 valence electrons. The molecule has 0 aromatic carbocycles. The zero-order valence-corrected chi connectivity index (χ0v) is 14.2. The minimum Gasteiger partial charge on any atom is -0.444 e. The minimum atomic E-state index is -0.435. The summed E-state index contributed by atoms with van der Waals surface area (Å²) >= 11 is 0. The van der Waals surface area contributed by atoms with E-state index in [2.05, 4.69) is 31.4 Å². The minimum absolute atomic E-state index is 0.325. The van der Waals surface area contributed by atoms with Gasteiger partial charge < -0.3 is 15.4 Å². The summed E-state index contributed by atoms with van der Waals surface area (Å²) in [7, 11) is 0. The van der Waals surface area contributed by atoms with Crippen molar-refractivity contribution in [3.63, 3.8) is 0 Å². The van der Waals surface area contributed by atoms with E-state index in [9.17, 15) is 4.79 Å². The van der Waals surface area contributed by atoms with Gasteiger partial charge in [-0.3, -0.25) is 0 Å². The van der Waals surface area contributed by atoms with E-state index in [0.29, 0.717) is 18.4 Å². The molecule has 0 saturated carbocycles. The molecule has 1 amide bonds. The highest BCUT2D eigenvalue weighted by molar-refractivity contribution is 5.67. The lowest BCUT2D eigenvalue weighted by Gasteiger charge is -2.24. The van der Waals surface area contributed by atoms with E-state index >= 15 is 0 Å². The van der Waals surface area contributed by atoms with Gasteiger partial charge in [-0.15, -0.1) is 0 Å². The van der Waals surface area contributed by atoms with E-state index in [0.717, 1.165) is 13.1 Å². The van der Waals surface area contributed by atoms with Gasteiger partial charge in [0.15, 0.2) is 0 Å². The Balaban J connectivity index is 3.94. The Morgan fingerprint density at radius 2 is 1.80 bits per heavy atom. The van der Waals surface area contributed by atoms with Crippen molar-refractivity contribution in [2.24, 2.45) is 11.8 Å². The molecule has 0 aromatic heterocycles. The van der Waals surface area contributed by atoms with Crippen LogP contribution in [0, 0.1) is 11.8 Å². The zero-order valence-electron chi connectivity index (χ0n) is 14.2. The van der Waals surface area contributed by atoms with Gasteiger partial charge in [0.1, 0.15) is 5.60 Å². The van der Waals surface area contributed by atoms with Crippen molar-refractivity contribution >= 4 is 6.09 Å². The van der Waals surface area contributed by atoms with Gasteiger partial charge in [-0.2, -0.15) is 0 Å². The molecule has 20 heavy (non-hydrogen) atoms. The second-order valence-corrected chi connectivity index (χ2v) is 6.80. The van der Waals surface area contributed by atoms with Gasteiger partial charge in [0.25, 0.3) is 0 Å². The Morgan fingerprint density at radius 3 is 2.30 bits per heavy atom. The summed E-state index contributed by atoms with van der Waals surface area (Å²) in [6.07, 6.45) is 3.42. The number of alkyl carbamates (subject to hydrolysis) is 1. The molecule has 1 unspecified atom stereocenters. The first-order valence-corrected chi connectivity index (χ1v) is 7.93. The molecule has 0 spiro atoms. The quantitative estimate of drug-likeness (QED) is 0.637. The van der Waals surface area contributed by atoms with Crippen LogP contribution in [0.5, 0.6) is 0 Å². The van der Waals surface area contributed by atoms with Crippen LogP contribution in [0.2, 0.25) is 0 Å². The molecule has 0 fully saturated rings. The molecule has 4 heteroatoms. The fraction of sp³-hybridized carbons (Fsp3) is 0.938. The van der Waals surface area contributed by atoms with Crippen LogP contribution in [0.1, 0.15) is 60.8 Å². The molecule has 0 saturated heterocycles. The number of rotatable bonds is 9. The topological polar surface area (TPSA) is 50.4 Å². The number of hydrogen-bond acceptors (Lipinski definition) is 3. The second-order valence-electron chi connectivity index (χ2n) is 6.80. The molecule has 0 bridgehead atoms. The fourth-order valence-corrected chi connectivity index (χ4v) is 1.86. The lowest BCUT2D eigenvalue weighted by molar-refractivity contribution is 0.0515. The van der Waals surface area contributed by atoms with Crippen LogP contribution in [-0.4, -0.2) is 31.3 Å². The first-order chi connectivity index (χ1) is 9.26. The Kier molecular flexibility index (Phi) is 9.64. The Morgan fingerprint density at radius 1 is 1.15 bits per heavy atom. The largest absolute Gasteiger partial charge is 0.444 e. The van der Waals surface area contributed by atoms with Crippen LogP contribution in [0.3, 0.4) is 0 Å². The summed E-state index contributed by atoms with van der Waals surface area (Å²) in [5.41, 5.74) is -0.435. The summed E-state index contributed by atoms with van der Waals surface area (Å²) in [6.45, 7) is 14.9. The monoisotopic (exact) mass is 286 g/mol. The highest BCUT2D eigenvalue weighted by Crippen LogP contribution is 2.10. The van der Waals surface area contributed by atoms with E-state index in [-0.39, 0.29) is 6.09 Å². The van der Waals surface area contributed by atoms with E-state index in [1.54, 1.807) is 0 Å². The van der Waals surface area contributed by atoms with Gasteiger partial charge >= 0.3 is 6.09 Å². The maximum atomic E-state index is 11.6. The molecule has 0 heterocycles. The lowest BCUT2D eigenvalue weighted by atomic mass is 9.95. The van der Waals surface area contributed by atoms with E-state index in [1.165, 1.54) is 19.3 Å². The van der Waals surface area contributed by atoms with E-state index in [1.807, 2.05) is 20.8 Å². The van der Waals surface area contributed by atoms with E-state index < -0.39 is 5.60 Å². The normalized spacial score (nSPS) is 13.3. The maximum Gasteiger partial charge on any atom is 0.407 e. The summed E-state index contributed by atoms with van der Waals surface area (Å²) in [5.74, 6) is 0.966. The van der Waals surface area contributed by atoms with Crippen molar-refractivity contribution in [3.05, 3.63) is 0 Å². The van der Waals surface area contributed by atoms with Gasteiger partial charge in [0, 0.05) is 6.54 Å². The number of carbonyl (C=O) groups is 1.